The number of aromatic nitrogens is 2. The van der Waals surface area contributed by atoms with Crippen molar-refractivity contribution in [1.82, 2.24) is 9.55 Å². The summed E-state index contributed by atoms with van der Waals surface area (Å²) in [4.78, 5) is 4.58. The average molecular weight is 261 g/mol. The van der Waals surface area contributed by atoms with Gasteiger partial charge < -0.3 is 4.57 Å². The van der Waals surface area contributed by atoms with E-state index in [2.05, 4.69) is 21.7 Å². The molecule has 0 aliphatic heterocycles. The van der Waals surface area contributed by atoms with Crippen molar-refractivity contribution < 1.29 is 0 Å². The molecule has 0 radical (unpaired) electrons. The van der Waals surface area contributed by atoms with Gasteiger partial charge in [0.1, 0.15) is 5.82 Å². The summed E-state index contributed by atoms with van der Waals surface area (Å²) < 4.78 is 2.21. The third kappa shape index (κ3) is 2.06. The Morgan fingerprint density at radius 3 is 2.70 bits per heavy atom. The predicted octanol–water partition coefficient (Wildman–Crippen LogP) is 3.57. The van der Waals surface area contributed by atoms with E-state index in [1.54, 1.807) is 0 Å². The van der Waals surface area contributed by atoms with E-state index in [9.17, 15) is 0 Å². The summed E-state index contributed by atoms with van der Waals surface area (Å²) in [6.45, 7) is 4.85. The number of imidazole rings is 1. The summed E-state index contributed by atoms with van der Waals surface area (Å²) in [5, 5.41) is 8.93. The van der Waals surface area contributed by atoms with E-state index in [4.69, 9.17) is 5.26 Å². The van der Waals surface area contributed by atoms with Gasteiger partial charge in [-0.1, -0.05) is 18.2 Å². The fourth-order valence-electron chi connectivity index (χ4n) is 2.51. The summed E-state index contributed by atoms with van der Waals surface area (Å²) in [6, 6.07) is 16.2. The molecule has 0 saturated heterocycles. The Bertz CT molecular complexity index is 822. The van der Waals surface area contributed by atoms with Crippen molar-refractivity contribution in [2.24, 2.45) is 0 Å². The highest BCUT2D eigenvalue weighted by molar-refractivity contribution is 5.76. The standard InChI is InChI=1S/C17H15N3/c1-12-9-14(10-18)7-8-15(12)11-20-13(2)19-16-5-3-4-6-17(16)20/h3-9H,11H2,1-2H3. The smallest absolute Gasteiger partial charge is 0.107 e. The molecule has 0 amide bonds. The molecule has 20 heavy (non-hydrogen) atoms. The summed E-state index contributed by atoms with van der Waals surface area (Å²) in [5.74, 6) is 1.01. The second-order valence-corrected chi connectivity index (χ2v) is 4.99. The molecule has 0 aliphatic carbocycles. The van der Waals surface area contributed by atoms with Crippen LogP contribution < -0.4 is 0 Å². The van der Waals surface area contributed by atoms with Gasteiger partial charge in [0.25, 0.3) is 0 Å². The zero-order valence-corrected chi connectivity index (χ0v) is 11.6. The van der Waals surface area contributed by atoms with Crippen molar-refractivity contribution in [2.45, 2.75) is 20.4 Å². The van der Waals surface area contributed by atoms with Crippen LogP contribution in [0, 0.1) is 25.2 Å². The number of nitrogens with zero attached hydrogens (tertiary/aromatic N) is 3. The first-order valence-electron chi connectivity index (χ1n) is 6.60. The van der Waals surface area contributed by atoms with Crippen LogP contribution in [0.25, 0.3) is 11.0 Å². The Morgan fingerprint density at radius 1 is 1.15 bits per heavy atom. The Morgan fingerprint density at radius 2 is 1.95 bits per heavy atom. The van der Waals surface area contributed by atoms with E-state index in [1.807, 2.05) is 50.2 Å². The molecule has 0 fully saturated rings. The van der Waals surface area contributed by atoms with Gasteiger partial charge in [-0.05, 0) is 49.2 Å². The van der Waals surface area contributed by atoms with Gasteiger partial charge in [-0.25, -0.2) is 4.98 Å². The third-order valence-electron chi connectivity index (χ3n) is 3.65. The molecular weight excluding hydrogens is 246 g/mol. The van der Waals surface area contributed by atoms with Crippen LogP contribution in [-0.2, 0) is 6.54 Å². The van der Waals surface area contributed by atoms with Crippen LogP contribution >= 0.6 is 0 Å². The van der Waals surface area contributed by atoms with E-state index >= 15 is 0 Å². The Kier molecular flexibility index (Phi) is 3.00. The van der Waals surface area contributed by atoms with Crippen LogP contribution in [0.4, 0.5) is 0 Å². The van der Waals surface area contributed by atoms with Crippen LogP contribution in [0.3, 0.4) is 0 Å². The molecule has 0 aliphatic rings. The number of nitriles is 1. The maximum atomic E-state index is 8.93. The Hall–Kier alpha value is -2.60. The van der Waals surface area contributed by atoms with Gasteiger partial charge in [-0.3, -0.25) is 0 Å². The number of para-hydroxylation sites is 2. The van der Waals surface area contributed by atoms with Crippen molar-refractivity contribution in [2.75, 3.05) is 0 Å². The number of hydrogen-bond acceptors (Lipinski definition) is 2. The minimum atomic E-state index is 0.707. The lowest BCUT2D eigenvalue weighted by Crippen LogP contribution is -2.03. The molecular formula is C17H15N3. The minimum Gasteiger partial charge on any atom is -0.324 e. The molecule has 0 spiro atoms. The molecule has 3 nitrogen and oxygen atoms in total. The normalized spacial score (nSPS) is 10.7. The SMILES string of the molecule is Cc1cc(C#N)ccc1Cn1c(C)nc2ccccc21. The van der Waals surface area contributed by atoms with Crippen molar-refractivity contribution in [3.05, 3.63) is 65.0 Å². The number of benzene rings is 2. The highest BCUT2D eigenvalue weighted by atomic mass is 15.1. The van der Waals surface area contributed by atoms with Crippen LogP contribution in [0.1, 0.15) is 22.5 Å². The number of aryl methyl sites for hydroxylation is 2. The molecule has 1 heterocycles. The lowest BCUT2D eigenvalue weighted by molar-refractivity contribution is 0.781. The van der Waals surface area contributed by atoms with Gasteiger partial charge in [-0.15, -0.1) is 0 Å². The fourth-order valence-corrected chi connectivity index (χ4v) is 2.51. The molecule has 0 saturated carbocycles. The van der Waals surface area contributed by atoms with E-state index < -0.39 is 0 Å². The van der Waals surface area contributed by atoms with Crippen LogP contribution in [0.15, 0.2) is 42.5 Å². The Labute approximate surface area is 118 Å². The van der Waals surface area contributed by atoms with Crippen LogP contribution in [0.5, 0.6) is 0 Å². The summed E-state index contributed by atoms with van der Waals surface area (Å²) in [7, 11) is 0. The zero-order chi connectivity index (χ0) is 14.1. The topological polar surface area (TPSA) is 41.6 Å². The molecule has 98 valence electrons. The van der Waals surface area contributed by atoms with E-state index in [-0.39, 0.29) is 0 Å². The third-order valence-corrected chi connectivity index (χ3v) is 3.65. The number of fused-ring (bicyclic) bond motifs is 1. The number of hydrogen-bond donors (Lipinski definition) is 0. The first-order chi connectivity index (χ1) is 9.69. The van der Waals surface area contributed by atoms with Crippen molar-refractivity contribution >= 4 is 11.0 Å². The number of rotatable bonds is 2. The quantitative estimate of drug-likeness (QED) is 0.707. The fraction of sp³-hybridized carbons (Fsp3) is 0.176. The lowest BCUT2D eigenvalue weighted by atomic mass is 10.1. The monoisotopic (exact) mass is 261 g/mol. The molecule has 0 atom stereocenters. The summed E-state index contributed by atoms with van der Waals surface area (Å²) in [6.07, 6.45) is 0. The summed E-state index contributed by atoms with van der Waals surface area (Å²) in [5.41, 5.74) is 5.24. The van der Waals surface area contributed by atoms with Crippen LogP contribution in [-0.4, -0.2) is 9.55 Å². The molecule has 3 rings (SSSR count). The van der Waals surface area contributed by atoms with Crippen molar-refractivity contribution in [1.29, 1.82) is 5.26 Å². The Balaban J connectivity index is 2.06. The second-order valence-electron chi connectivity index (χ2n) is 4.99. The van der Waals surface area contributed by atoms with Crippen molar-refractivity contribution in [3.8, 4) is 6.07 Å². The van der Waals surface area contributed by atoms with Gasteiger partial charge in [-0.2, -0.15) is 5.26 Å². The van der Waals surface area contributed by atoms with E-state index in [0.29, 0.717) is 5.56 Å². The molecule has 3 heteroatoms. The van der Waals surface area contributed by atoms with Gasteiger partial charge in [0, 0.05) is 6.54 Å². The molecule has 0 bridgehead atoms. The maximum absolute atomic E-state index is 8.93. The lowest BCUT2D eigenvalue weighted by Gasteiger charge is -2.10. The largest absolute Gasteiger partial charge is 0.324 e. The van der Waals surface area contributed by atoms with Crippen LogP contribution in [0.2, 0.25) is 0 Å². The predicted molar refractivity (Wildman–Crippen MR) is 79.5 cm³/mol. The van der Waals surface area contributed by atoms with E-state index in [1.165, 1.54) is 5.56 Å². The van der Waals surface area contributed by atoms with Gasteiger partial charge in [0.2, 0.25) is 0 Å². The van der Waals surface area contributed by atoms with Gasteiger partial charge >= 0.3 is 0 Å². The molecule has 0 unspecified atom stereocenters. The highest BCUT2D eigenvalue weighted by Gasteiger charge is 2.08. The van der Waals surface area contributed by atoms with Gasteiger partial charge in [0.15, 0.2) is 0 Å². The summed E-state index contributed by atoms with van der Waals surface area (Å²) >= 11 is 0. The minimum absolute atomic E-state index is 0.707. The van der Waals surface area contributed by atoms with Crippen molar-refractivity contribution in [3.63, 3.8) is 0 Å². The average Bonchev–Trinajstić information content (AvgIpc) is 2.77. The first kappa shape index (κ1) is 12.4. The zero-order valence-electron chi connectivity index (χ0n) is 11.6. The van der Waals surface area contributed by atoms with E-state index in [0.717, 1.165) is 29.0 Å². The molecule has 3 aromatic rings. The van der Waals surface area contributed by atoms with Gasteiger partial charge in [0.05, 0.1) is 22.7 Å². The first-order valence-corrected chi connectivity index (χ1v) is 6.60. The molecule has 0 N–H and O–H groups in total. The molecule has 1 aromatic heterocycles. The molecule has 2 aromatic carbocycles. The highest BCUT2D eigenvalue weighted by Crippen LogP contribution is 2.19. The maximum Gasteiger partial charge on any atom is 0.107 e. The second kappa shape index (κ2) is 4.82.